The molecule has 22 heavy (non-hydrogen) atoms. The minimum Gasteiger partial charge on any atom is -0.341 e. The van der Waals surface area contributed by atoms with Crippen LogP contribution in [0.4, 0.5) is 5.69 Å². The number of hydrogen-bond acceptors (Lipinski definition) is 4. The molecule has 1 saturated heterocycles. The van der Waals surface area contributed by atoms with Crippen molar-refractivity contribution in [2.45, 2.75) is 18.9 Å². The van der Waals surface area contributed by atoms with Crippen molar-refractivity contribution in [3.8, 4) is 0 Å². The number of carbonyl (C=O) groups is 2. The van der Waals surface area contributed by atoms with Crippen molar-refractivity contribution in [3.05, 3.63) is 29.3 Å². The maximum Gasteiger partial charge on any atom is 0.233 e. The summed E-state index contributed by atoms with van der Waals surface area (Å²) in [4.78, 5) is 25.2. The number of nitrogens with one attached hydrogen (secondary N) is 1. The van der Waals surface area contributed by atoms with E-state index in [9.17, 15) is 18.0 Å². The molecule has 1 aliphatic heterocycles. The summed E-state index contributed by atoms with van der Waals surface area (Å²) in [5.41, 5.74) is 0.549. The first-order valence-corrected chi connectivity index (χ1v) is 8.98. The van der Waals surface area contributed by atoms with Gasteiger partial charge >= 0.3 is 0 Å². The first-order valence-electron chi connectivity index (χ1n) is 6.78. The van der Waals surface area contributed by atoms with Crippen LogP contribution in [0.25, 0.3) is 0 Å². The molecule has 1 aromatic rings. The average Bonchev–Trinajstić information content (AvgIpc) is 2.80. The Morgan fingerprint density at radius 3 is 2.50 bits per heavy atom. The van der Waals surface area contributed by atoms with Crippen LogP contribution in [0.1, 0.15) is 12.8 Å². The van der Waals surface area contributed by atoms with E-state index in [1.165, 1.54) is 11.9 Å². The van der Waals surface area contributed by atoms with Gasteiger partial charge in [0.2, 0.25) is 11.8 Å². The molecule has 1 aliphatic rings. The smallest absolute Gasteiger partial charge is 0.233 e. The van der Waals surface area contributed by atoms with E-state index >= 15 is 0 Å². The van der Waals surface area contributed by atoms with Gasteiger partial charge in [-0.15, -0.1) is 0 Å². The molecule has 1 N–H and O–H groups in total. The minimum absolute atomic E-state index is 0.0337. The molecule has 1 fully saturated rings. The third-order valence-corrected chi connectivity index (χ3v) is 5.59. The minimum atomic E-state index is -3.06. The summed E-state index contributed by atoms with van der Waals surface area (Å²) >= 11 is 5.75. The van der Waals surface area contributed by atoms with Crippen molar-refractivity contribution >= 4 is 38.9 Å². The summed E-state index contributed by atoms with van der Waals surface area (Å²) < 4.78 is 22.9. The molecule has 0 aromatic heterocycles. The van der Waals surface area contributed by atoms with Crippen molar-refractivity contribution in [1.82, 2.24) is 4.90 Å². The Morgan fingerprint density at radius 2 is 1.95 bits per heavy atom. The van der Waals surface area contributed by atoms with E-state index in [-0.39, 0.29) is 24.0 Å². The lowest BCUT2D eigenvalue weighted by atomic mass is 10.2. The highest BCUT2D eigenvalue weighted by molar-refractivity contribution is 7.91. The van der Waals surface area contributed by atoms with Crippen molar-refractivity contribution in [2.24, 2.45) is 0 Å². The number of hydrogen-bond donors (Lipinski definition) is 1. The third kappa shape index (κ3) is 4.45. The van der Waals surface area contributed by atoms with Gasteiger partial charge in [0, 0.05) is 23.8 Å². The second-order valence-corrected chi connectivity index (χ2v) is 7.96. The molecule has 1 atom stereocenters. The van der Waals surface area contributed by atoms with Gasteiger partial charge in [-0.1, -0.05) is 11.6 Å². The summed E-state index contributed by atoms with van der Waals surface area (Å²) in [6.07, 6.45) is 0.0963. The number of halogens is 1. The number of amides is 2. The summed E-state index contributed by atoms with van der Waals surface area (Å²) in [5.74, 6) is -0.783. The van der Waals surface area contributed by atoms with Crippen LogP contribution in [0.3, 0.4) is 0 Å². The molecule has 1 aromatic carbocycles. The molecular formula is C14H17ClN2O4S. The molecule has 0 aliphatic carbocycles. The maximum atomic E-state index is 12.0. The van der Waals surface area contributed by atoms with Gasteiger partial charge < -0.3 is 10.2 Å². The van der Waals surface area contributed by atoms with Gasteiger partial charge in [-0.3, -0.25) is 9.59 Å². The quantitative estimate of drug-likeness (QED) is 0.835. The first kappa shape index (κ1) is 16.8. The van der Waals surface area contributed by atoms with Crippen LogP contribution in [0.5, 0.6) is 0 Å². The van der Waals surface area contributed by atoms with Crippen LogP contribution < -0.4 is 5.32 Å². The summed E-state index contributed by atoms with van der Waals surface area (Å²) in [7, 11) is -1.53. The number of sulfone groups is 1. The van der Waals surface area contributed by atoms with Gasteiger partial charge in [0.25, 0.3) is 0 Å². The van der Waals surface area contributed by atoms with E-state index in [4.69, 9.17) is 11.6 Å². The number of nitrogens with zero attached hydrogens (tertiary/aromatic N) is 1. The van der Waals surface area contributed by atoms with Crippen LogP contribution in [0.15, 0.2) is 24.3 Å². The molecule has 8 heteroatoms. The van der Waals surface area contributed by atoms with E-state index in [2.05, 4.69) is 5.32 Å². The lowest BCUT2D eigenvalue weighted by Crippen LogP contribution is -2.39. The largest absolute Gasteiger partial charge is 0.341 e. The van der Waals surface area contributed by atoms with E-state index in [0.29, 0.717) is 17.1 Å². The molecule has 120 valence electrons. The number of benzene rings is 1. The highest BCUT2D eigenvalue weighted by Gasteiger charge is 2.33. The van der Waals surface area contributed by atoms with E-state index < -0.39 is 21.7 Å². The second kappa shape index (κ2) is 6.66. The molecule has 0 bridgehead atoms. The number of anilines is 1. The fraction of sp³-hybridized carbons (Fsp3) is 0.429. The van der Waals surface area contributed by atoms with Crippen LogP contribution in [-0.2, 0) is 19.4 Å². The van der Waals surface area contributed by atoms with Gasteiger partial charge in [0.05, 0.1) is 11.5 Å². The molecule has 2 amide bonds. The van der Waals surface area contributed by atoms with E-state index in [0.717, 1.165) is 0 Å². The van der Waals surface area contributed by atoms with E-state index in [1.54, 1.807) is 24.3 Å². The number of carbonyl (C=O) groups excluding carboxylic acids is 2. The Balaban J connectivity index is 1.88. The first-order chi connectivity index (χ1) is 10.3. The zero-order valence-corrected chi connectivity index (χ0v) is 13.7. The fourth-order valence-electron chi connectivity index (χ4n) is 2.28. The zero-order valence-electron chi connectivity index (χ0n) is 12.1. The third-order valence-electron chi connectivity index (χ3n) is 3.59. The normalized spacial score (nSPS) is 19.6. The average molecular weight is 345 g/mol. The molecule has 0 radical (unpaired) electrons. The lowest BCUT2D eigenvalue weighted by molar-refractivity contribution is -0.134. The SMILES string of the molecule is CN(C(=O)CC(=O)Nc1ccc(Cl)cc1)C1CCS(=O)(=O)C1. The summed E-state index contributed by atoms with van der Waals surface area (Å²) in [6.45, 7) is 0. The van der Waals surface area contributed by atoms with Gasteiger partial charge in [-0.2, -0.15) is 0 Å². The summed E-state index contributed by atoms with van der Waals surface area (Å²) in [5, 5.41) is 3.15. The molecule has 6 nitrogen and oxygen atoms in total. The molecule has 0 saturated carbocycles. The van der Waals surface area contributed by atoms with Crippen molar-refractivity contribution in [3.63, 3.8) is 0 Å². The van der Waals surface area contributed by atoms with Crippen LogP contribution in [0.2, 0.25) is 5.02 Å². The Morgan fingerprint density at radius 1 is 1.32 bits per heavy atom. The fourth-order valence-corrected chi connectivity index (χ4v) is 4.19. The van der Waals surface area contributed by atoms with Gasteiger partial charge in [-0.25, -0.2) is 8.42 Å². The number of rotatable bonds is 4. The van der Waals surface area contributed by atoms with Crippen LogP contribution in [-0.4, -0.2) is 49.7 Å². The molecular weight excluding hydrogens is 328 g/mol. The maximum absolute atomic E-state index is 12.0. The van der Waals surface area contributed by atoms with Crippen molar-refractivity contribution < 1.29 is 18.0 Å². The van der Waals surface area contributed by atoms with Crippen molar-refractivity contribution in [2.75, 3.05) is 23.9 Å². The Hall–Kier alpha value is -1.60. The van der Waals surface area contributed by atoms with Crippen LogP contribution in [0, 0.1) is 0 Å². The summed E-state index contributed by atoms with van der Waals surface area (Å²) in [6, 6.07) is 6.19. The topological polar surface area (TPSA) is 83.6 Å². The Kier molecular flexibility index (Phi) is 5.08. The van der Waals surface area contributed by atoms with E-state index in [1.807, 2.05) is 0 Å². The van der Waals surface area contributed by atoms with Crippen molar-refractivity contribution in [1.29, 1.82) is 0 Å². The standard InChI is InChI=1S/C14H17ClN2O4S/c1-17(12-6-7-22(20,21)9-12)14(19)8-13(18)16-11-4-2-10(15)3-5-11/h2-5,12H,6-9H2,1H3,(H,16,18). The predicted octanol–water partition coefficient (Wildman–Crippen LogP) is 1.31. The Bertz CT molecular complexity index is 673. The lowest BCUT2D eigenvalue weighted by Gasteiger charge is -2.23. The predicted molar refractivity (Wildman–Crippen MR) is 84.5 cm³/mol. The van der Waals surface area contributed by atoms with Gasteiger partial charge in [0.15, 0.2) is 9.84 Å². The molecule has 0 spiro atoms. The second-order valence-electron chi connectivity index (χ2n) is 5.29. The zero-order chi connectivity index (χ0) is 16.3. The van der Waals surface area contributed by atoms with Gasteiger partial charge in [-0.05, 0) is 30.7 Å². The highest BCUT2D eigenvalue weighted by atomic mass is 35.5. The molecule has 1 unspecified atom stereocenters. The molecule has 1 heterocycles. The molecule has 2 rings (SSSR count). The monoisotopic (exact) mass is 344 g/mol. The Labute approximate surface area is 134 Å². The highest BCUT2D eigenvalue weighted by Crippen LogP contribution is 2.18. The van der Waals surface area contributed by atoms with Crippen LogP contribution >= 0.6 is 11.6 Å². The van der Waals surface area contributed by atoms with Gasteiger partial charge in [0.1, 0.15) is 6.42 Å².